The molecule has 1 aromatic heterocycles. The quantitative estimate of drug-likeness (QED) is 0.828. The van der Waals surface area contributed by atoms with Crippen molar-refractivity contribution in [1.29, 1.82) is 0 Å². The van der Waals surface area contributed by atoms with Gasteiger partial charge < -0.3 is 9.88 Å². The van der Waals surface area contributed by atoms with Crippen LogP contribution in [0.5, 0.6) is 0 Å². The Labute approximate surface area is 128 Å². The second-order valence-electron chi connectivity index (χ2n) is 5.61. The Hall–Kier alpha value is -1.10. The fourth-order valence-electron chi connectivity index (χ4n) is 2.01. The van der Waals surface area contributed by atoms with Crippen LogP contribution in [0, 0.1) is 5.92 Å². The molecule has 5 heteroatoms. The highest BCUT2D eigenvalue weighted by Crippen LogP contribution is 2.08. The number of nitrogens with zero attached hydrogens (tertiary/aromatic N) is 1. The fourth-order valence-corrected chi connectivity index (χ4v) is 2.38. The maximum absolute atomic E-state index is 11.9. The minimum atomic E-state index is -0.171. The first-order chi connectivity index (χ1) is 9.38. The van der Waals surface area contributed by atoms with Crippen LogP contribution < -0.4 is 10.9 Å². The molecule has 0 radical (unpaired) electrons. The van der Waals surface area contributed by atoms with Crippen molar-refractivity contribution in [2.24, 2.45) is 5.92 Å². The Bertz CT molecular complexity index is 497. The van der Waals surface area contributed by atoms with Crippen LogP contribution >= 0.6 is 15.9 Å². The molecule has 0 aliphatic heterocycles. The number of hydrogen-bond donors (Lipinski definition) is 1. The number of amides is 1. The summed E-state index contributed by atoms with van der Waals surface area (Å²) in [5.74, 6) is 0.570. The molecule has 1 N–H and O–H groups in total. The van der Waals surface area contributed by atoms with E-state index in [1.54, 1.807) is 12.3 Å². The second-order valence-corrected chi connectivity index (χ2v) is 6.52. The lowest BCUT2D eigenvalue weighted by atomic mass is 10.0. The van der Waals surface area contributed by atoms with Crippen molar-refractivity contribution in [1.82, 2.24) is 9.88 Å². The predicted molar refractivity (Wildman–Crippen MR) is 84.7 cm³/mol. The fraction of sp³-hybridized carbons (Fsp3) is 0.600. The molecule has 0 aliphatic rings. The molecule has 0 saturated carbocycles. The van der Waals surface area contributed by atoms with E-state index < -0.39 is 0 Å². The molecular formula is C15H23BrN2O2. The standard InChI is InChI=1S/C15H23BrN2O2/c1-11(2)5-4-6-12(3)17-14(19)10-18-9-13(16)7-8-15(18)20/h7-9,11-12H,4-6,10H2,1-3H3,(H,17,19)/t12-/m0/s1. The van der Waals surface area contributed by atoms with Gasteiger partial charge in [-0.2, -0.15) is 0 Å². The highest BCUT2D eigenvalue weighted by molar-refractivity contribution is 9.10. The smallest absolute Gasteiger partial charge is 0.251 e. The maximum Gasteiger partial charge on any atom is 0.251 e. The van der Waals surface area contributed by atoms with Crippen molar-refractivity contribution in [3.63, 3.8) is 0 Å². The van der Waals surface area contributed by atoms with Crippen LogP contribution in [0.4, 0.5) is 0 Å². The first-order valence-electron chi connectivity index (χ1n) is 7.04. The summed E-state index contributed by atoms with van der Waals surface area (Å²) >= 11 is 3.29. The van der Waals surface area contributed by atoms with Crippen molar-refractivity contribution in [3.05, 3.63) is 33.2 Å². The molecule has 1 rings (SSSR count). The summed E-state index contributed by atoms with van der Waals surface area (Å²) in [6, 6.07) is 3.26. The van der Waals surface area contributed by atoms with Crippen molar-refractivity contribution < 1.29 is 4.79 Å². The first kappa shape index (κ1) is 17.0. The topological polar surface area (TPSA) is 51.1 Å². The van der Waals surface area contributed by atoms with E-state index in [9.17, 15) is 9.59 Å². The summed E-state index contributed by atoms with van der Waals surface area (Å²) in [6.07, 6.45) is 4.88. The minimum Gasteiger partial charge on any atom is -0.352 e. The van der Waals surface area contributed by atoms with Crippen molar-refractivity contribution in [2.45, 2.75) is 52.6 Å². The maximum atomic E-state index is 11.9. The lowest BCUT2D eigenvalue weighted by molar-refractivity contribution is -0.122. The third-order valence-corrected chi connectivity index (χ3v) is 3.56. The Morgan fingerprint density at radius 1 is 1.30 bits per heavy atom. The number of carbonyl (C=O) groups excluding carboxylic acids is 1. The molecule has 4 nitrogen and oxygen atoms in total. The van der Waals surface area contributed by atoms with E-state index in [-0.39, 0.29) is 24.1 Å². The van der Waals surface area contributed by atoms with Crippen molar-refractivity contribution in [3.8, 4) is 0 Å². The minimum absolute atomic E-state index is 0.0623. The third-order valence-electron chi connectivity index (χ3n) is 3.09. The van der Waals surface area contributed by atoms with Crippen LogP contribution in [0.1, 0.15) is 40.0 Å². The number of nitrogens with one attached hydrogen (secondary N) is 1. The Balaban J connectivity index is 2.43. The zero-order chi connectivity index (χ0) is 15.1. The van der Waals surface area contributed by atoms with Crippen LogP contribution in [0.2, 0.25) is 0 Å². The molecule has 1 amide bonds. The number of rotatable bonds is 7. The van der Waals surface area contributed by atoms with E-state index in [1.165, 1.54) is 17.1 Å². The Morgan fingerprint density at radius 2 is 2.00 bits per heavy atom. The van der Waals surface area contributed by atoms with Gasteiger partial charge in [0.15, 0.2) is 0 Å². The van der Waals surface area contributed by atoms with Crippen molar-refractivity contribution >= 4 is 21.8 Å². The summed E-state index contributed by atoms with van der Waals surface area (Å²) in [6.45, 7) is 6.46. The van der Waals surface area contributed by atoms with Gasteiger partial charge in [0.1, 0.15) is 6.54 Å². The molecule has 1 aromatic rings. The molecule has 0 spiro atoms. The Kier molecular flexibility index (Phi) is 6.99. The summed E-state index contributed by atoms with van der Waals surface area (Å²) < 4.78 is 2.19. The zero-order valence-electron chi connectivity index (χ0n) is 12.4. The highest BCUT2D eigenvalue weighted by Gasteiger charge is 2.09. The SMILES string of the molecule is CC(C)CCC[C@H](C)NC(=O)Cn1cc(Br)ccc1=O. The van der Waals surface area contributed by atoms with Gasteiger partial charge in [0.25, 0.3) is 5.56 Å². The van der Waals surface area contributed by atoms with Crippen LogP contribution in [0.3, 0.4) is 0 Å². The summed E-state index contributed by atoms with van der Waals surface area (Å²) in [5, 5.41) is 2.93. The first-order valence-corrected chi connectivity index (χ1v) is 7.83. The number of carbonyl (C=O) groups is 1. The summed E-state index contributed by atoms with van der Waals surface area (Å²) in [7, 11) is 0. The summed E-state index contributed by atoms with van der Waals surface area (Å²) in [4.78, 5) is 23.5. The molecule has 20 heavy (non-hydrogen) atoms. The lowest BCUT2D eigenvalue weighted by Gasteiger charge is -2.15. The molecular weight excluding hydrogens is 320 g/mol. The lowest BCUT2D eigenvalue weighted by Crippen LogP contribution is -2.37. The van der Waals surface area contributed by atoms with Gasteiger partial charge in [-0.3, -0.25) is 9.59 Å². The van der Waals surface area contributed by atoms with Crippen LogP contribution in [0.15, 0.2) is 27.6 Å². The van der Waals surface area contributed by atoms with Gasteiger partial charge in [0, 0.05) is 22.8 Å². The van der Waals surface area contributed by atoms with E-state index in [1.807, 2.05) is 6.92 Å². The van der Waals surface area contributed by atoms with Crippen LogP contribution in [0.25, 0.3) is 0 Å². The van der Waals surface area contributed by atoms with Gasteiger partial charge in [-0.05, 0) is 41.3 Å². The molecule has 0 unspecified atom stereocenters. The van der Waals surface area contributed by atoms with E-state index in [0.29, 0.717) is 5.92 Å². The van der Waals surface area contributed by atoms with Gasteiger partial charge >= 0.3 is 0 Å². The molecule has 0 aromatic carbocycles. The van der Waals surface area contributed by atoms with Gasteiger partial charge in [-0.15, -0.1) is 0 Å². The molecule has 0 bridgehead atoms. The van der Waals surface area contributed by atoms with Crippen molar-refractivity contribution in [2.75, 3.05) is 0 Å². The predicted octanol–water partition coefficient (Wildman–Crippen LogP) is 2.94. The largest absolute Gasteiger partial charge is 0.352 e. The Morgan fingerprint density at radius 3 is 2.65 bits per heavy atom. The average molecular weight is 343 g/mol. The normalized spacial score (nSPS) is 12.4. The van der Waals surface area contributed by atoms with E-state index in [0.717, 1.165) is 17.3 Å². The molecule has 1 atom stereocenters. The van der Waals surface area contributed by atoms with Gasteiger partial charge in [-0.25, -0.2) is 0 Å². The van der Waals surface area contributed by atoms with Crippen LogP contribution in [-0.2, 0) is 11.3 Å². The number of pyridine rings is 1. The van der Waals surface area contributed by atoms with Gasteiger partial charge in [0.2, 0.25) is 5.91 Å². The highest BCUT2D eigenvalue weighted by atomic mass is 79.9. The average Bonchev–Trinajstić information content (AvgIpc) is 2.33. The number of hydrogen-bond acceptors (Lipinski definition) is 2. The molecule has 112 valence electrons. The van der Waals surface area contributed by atoms with E-state index in [4.69, 9.17) is 0 Å². The molecule has 0 fully saturated rings. The second kappa shape index (κ2) is 8.25. The molecule has 0 aliphatic carbocycles. The summed E-state index contributed by atoms with van der Waals surface area (Å²) in [5.41, 5.74) is -0.171. The van der Waals surface area contributed by atoms with E-state index in [2.05, 4.69) is 35.1 Å². The van der Waals surface area contributed by atoms with Gasteiger partial charge in [-0.1, -0.05) is 26.7 Å². The van der Waals surface area contributed by atoms with Crippen LogP contribution in [-0.4, -0.2) is 16.5 Å². The zero-order valence-corrected chi connectivity index (χ0v) is 13.9. The molecule has 1 heterocycles. The number of aromatic nitrogens is 1. The van der Waals surface area contributed by atoms with Gasteiger partial charge in [0.05, 0.1) is 0 Å². The number of halogens is 1. The van der Waals surface area contributed by atoms with E-state index >= 15 is 0 Å². The monoisotopic (exact) mass is 342 g/mol. The third kappa shape index (κ3) is 6.37. The molecule has 0 saturated heterocycles.